The van der Waals surface area contributed by atoms with Crippen LogP contribution in [-0.2, 0) is 6.54 Å². The van der Waals surface area contributed by atoms with Crippen molar-refractivity contribution in [3.63, 3.8) is 0 Å². The molecule has 2 aromatic rings. The number of aromatic nitrogens is 5. The quantitative estimate of drug-likeness (QED) is 0.597. The third-order valence-corrected chi connectivity index (χ3v) is 2.50. The van der Waals surface area contributed by atoms with Gasteiger partial charge in [0, 0.05) is 6.54 Å². The Morgan fingerprint density at radius 2 is 2.26 bits per heavy atom. The van der Waals surface area contributed by atoms with E-state index in [1.165, 1.54) is 15.7 Å². The topological polar surface area (TPSA) is 115 Å². The van der Waals surface area contributed by atoms with E-state index < -0.39 is 4.92 Å². The Labute approximate surface area is 108 Å². The van der Waals surface area contributed by atoms with Crippen molar-refractivity contribution < 1.29 is 4.92 Å². The van der Waals surface area contributed by atoms with Gasteiger partial charge in [-0.1, -0.05) is 6.92 Å². The molecule has 0 N–H and O–H groups in total. The summed E-state index contributed by atoms with van der Waals surface area (Å²) in [7, 11) is 0. The molecule has 0 fully saturated rings. The monoisotopic (exact) mass is 261 g/mol. The van der Waals surface area contributed by atoms with Crippen molar-refractivity contribution in [1.29, 1.82) is 5.26 Å². The van der Waals surface area contributed by atoms with Crippen molar-refractivity contribution in [2.45, 2.75) is 26.8 Å². The molecular formula is C10H11N7O2. The van der Waals surface area contributed by atoms with E-state index in [1.807, 2.05) is 6.92 Å². The molecule has 0 aliphatic heterocycles. The van der Waals surface area contributed by atoms with Crippen molar-refractivity contribution in [3.05, 3.63) is 28.0 Å². The van der Waals surface area contributed by atoms with E-state index in [4.69, 9.17) is 5.26 Å². The minimum absolute atomic E-state index is 0.0452. The third kappa shape index (κ3) is 2.15. The van der Waals surface area contributed by atoms with E-state index in [0.29, 0.717) is 12.2 Å². The fourth-order valence-electron chi connectivity index (χ4n) is 1.78. The first-order valence-electron chi connectivity index (χ1n) is 5.62. The van der Waals surface area contributed by atoms with Gasteiger partial charge in [0.25, 0.3) is 5.82 Å². The minimum Gasteiger partial charge on any atom is -0.258 e. The average molecular weight is 261 g/mol. The summed E-state index contributed by atoms with van der Waals surface area (Å²) in [5.74, 6) is 0.176. The fraction of sp³-hybridized carbons (Fsp3) is 0.400. The maximum Gasteiger partial charge on any atom is 0.336 e. The molecule has 0 radical (unpaired) electrons. The van der Waals surface area contributed by atoms with Gasteiger partial charge in [0.1, 0.15) is 18.1 Å². The molecule has 0 saturated heterocycles. The van der Waals surface area contributed by atoms with Gasteiger partial charge in [0.2, 0.25) is 5.82 Å². The molecule has 0 bridgehead atoms. The molecule has 19 heavy (non-hydrogen) atoms. The van der Waals surface area contributed by atoms with Crippen LogP contribution in [0.2, 0.25) is 0 Å². The molecule has 0 saturated carbocycles. The van der Waals surface area contributed by atoms with Crippen LogP contribution in [0.5, 0.6) is 0 Å². The van der Waals surface area contributed by atoms with Crippen LogP contribution in [0, 0.1) is 28.4 Å². The zero-order valence-corrected chi connectivity index (χ0v) is 10.4. The zero-order chi connectivity index (χ0) is 14.0. The second-order valence-electron chi connectivity index (χ2n) is 3.86. The van der Waals surface area contributed by atoms with Gasteiger partial charge < -0.3 is 0 Å². The molecule has 0 aliphatic rings. The highest BCUT2D eigenvalue weighted by molar-refractivity contribution is 5.50. The van der Waals surface area contributed by atoms with Gasteiger partial charge in [-0.3, -0.25) is 10.1 Å². The maximum atomic E-state index is 11.1. The number of rotatable bonds is 4. The second kappa shape index (κ2) is 4.85. The number of aryl methyl sites for hydroxylation is 2. The van der Waals surface area contributed by atoms with Crippen LogP contribution in [0.4, 0.5) is 5.69 Å². The number of hydrogen-bond donors (Lipinski definition) is 0. The van der Waals surface area contributed by atoms with Gasteiger partial charge in [0.15, 0.2) is 0 Å². The lowest BCUT2D eigenvalue weighted by Crippen LogP contribution is -2.09. The summed E-state index contributed by atoms with van der Waals surface area (Å²) in [5, 5.41) is 27.9. The number of nitrogens with zero attached hydrogens (tertiary/aromatic N) is 7. The minimum atomic E-state index is -0.502. The van der Waals surface area contributed by atoms with Crippen LogP contribution in [0.1, 0.15) is 24.9 Å². The standard InChI is InChI=1S/C10H11N7O2/c1-3-4-15-10(9(17(18)19)7(2)13-15)16-6-12-8(5-11)14-16/h6H,3-4H2,1-2H3. The lowest BCUT2D eigenvalue weighted by atomic mass is 10.4. The smallest absolute Gasteiger partial charge is 0.258 e. The van der Waals surface area contributed by atoms with Crippen LogP contribution in [0.15, 0.2) is 6.33 Å². The summed E-state index contributed by atoms with van der Waals surface area (Å²) in [5.41, 5.74) is 0.185. The highest BCUT2D eigenvalue weighted by atomic mass is 16.6. The van der Waals surface area contributed by atoms with Crippen LogP contribution >= 0.6 is 0 Å². The van der Waals surface area contributed by atoms with E-state index in [-0.39, 0.29) is 17.3 Å². The van der Waals surface area contributed by atoms with Gasteiger partial charge in [0.05, 0.1) is 4.92 Å². The predicted molar refractivity (Wildman–Crippen MR) is 63.5 cm³/mol. The second-order valence-corrected chi connectivity index (χ2v) is 3.86. The summed E-state index contributed by atoms with van der Waals surface area (Å²) in [4.78, 5) is 14.4. The molecule has 0 aliphatic carbocycles. The first kappa shape index (κ1) is 12.7. The zero-order valence-electron chi connectivity index (χ0n) is 10.4. The van der Waals surface area contributed by atoms with Crippen LogP contribution in [0.3, 0.4) is 0 Å². The molecule has 2 rings (SSSR count). The summed E-state index contributed by atoms with van der Waals surface area (Å²) in [6.07, 6.45) is 2.04. The normalized spacial score (nSPS) is 10.4. The van der Waals surface area contributed by atoms with Crippen molar-refractivity contribution in [1.82, 2.24) is 24.5 Å². The highest BCUT2D eigenvalue weighted by Crippen LogP contribution is 2.26. The Kier molecular flexibility index (Phi) is 3.24. The summed E-state index contributed by atoms with van der Waals surface area (Å²) < 4.78 is 2.72. The summed E-state index contributed by atoms with van der Waals surface area (Å²) >= 11 is 0. The Morgan fingerprint density at radius 3 is 2.79 bits per heavy atom. The SMILES string of the molecule is CCCn1nc(C)c([N+](=O)[O-])c1-n1cnc(C#N)n1. The molecule has 9 heteroatoms. The fourth-order valence-corrected chi connectivity index (χ4v) is 1.78. The van der Waals surface area contributed by atoms with Crippen LogP contribution in [-0.4, -0.2) is 29.5 Å². The first-order valence-corrected chi connectivity index (χ1v) is 5.62. The molecule has 2 heterocycles. The van der Waals surface area contributed by atoms with E-state index in [9.17, 15) is 10.1 Å². The molecule has 98 valence electrons. The van der Waals surface area contributed by atoms with Crippen molar-refractivity contribution >= 4 is 5.69 Å². The van der Waals surface area contributed by atoms with Crippen LogP contribution < -0.4 is 0 Å². The number of nitriles is 1. The van der Waals surface area contributed by atoms with Gasteiger partial charge >= 0.3 is 5.69 Å². The van der Waals surface area contributed by atoms with Gasteiger partial charge in [-0.05, 0) is 13.3 Å². The Hall–Kier alpha value is -2.76. The van der Waals surface area contributed by atoms with Crippen molar-refractivity contribution in [3.8, 4) is 11.9 Å². The van der Waals surface area contributed by atoms with Crippen LogP contribution in [0.25, 0.3) is 5.82 Å². The van der Waals surface area contributed by atoms with Gasteiger partial charge in [-0.25, -0.2) is 9.67 Å². The average Bonchev–Trinajstić information content (AvgIpc) is 2.93. The lowest BCUT2D eigenvalue weighted by molar-refractivity contribution is -0.385. The number of hydrogen-bond acceptors (Lipinski definition) is 6. The van der Waals surface area contributed by atoms with Gasteiger partial charge in [-0.15, -0.1) is 5.10 Å². The Bertz CT molecular complexity index is 664. The Balaban J connectivity index is 2.64. The molecule has 0 spiro atoms. The molecule has 0 atom stereocenters. The molecule has 0 unspecified atom stereocenters. The van der Waals surface area contributed by atoms with E-state index >= 15 is 0 Å². The predicted octanol–water partition coefficient (Wildman–Crippen LogP) is 0.962. The van der Waals surface area contributed by atoms with Crippen molar-refractivity contribution in [2.75, 3.05) is 0 Å². The highest BCUT2D eigenvalue weighted by Gasteiger charge is 2.27. The Morgan fingerprint density at radius 1 is 1.53 bits per heavy atom. The number of nitro groups is 1. The molecule has 0 amide bonds. The van der Waals surface area contributed by atoms with E-state index in [1.54, 1.807) is 13.0 Å². The van der Waals surface area contributed by atoms with E-state index in [2.05, 4.69) is 15.2 Å². The maximum absolute atomic E-state index is 11.1. The summed E-state index contributed by atoms with van der Waals surface area (Å²) in [6, 6.07) is 1.78. The van der Waals surface area contributed by atoms with Gasteiger partial charge in [-0.2, -0.15) is 15.0 Å². The van der Waals surface area contributed by atoms with Crippen molar-refractivity contribution in [2.24, 2.45) is 0 Å². The molecule has 0 aromatic carbocycles. The molecule has 9 nitrogen and oxygen atoms in total. The van der Waals surface area contributed by atoms with E-state index in [0.717, 1.165) is 6.42 Å². The first-order chi connectivity index (χ1) is 9.08. The molecule has 2 aromatic heterocycles. The lowest BCUT2D eigenvalue weighted by Gasteiger charge is -2.03. The summed E-state index contributed by atoms with van der Waals surface area (Å²) in [6.45, 7) is 4.02. The molecular weight excluding hydrogens is 250 g/mol. The third-order valence-electron chi connectivity index (χ3n) is 2.50. The largest absolute Gasteiger partial charge is 0.336 e.